The van der Waals surface area contributed by atoms with E-state index in [2.05, 4.69) is 102 Å². The fourth-order valence-corrected chi connectivity index (χ4v) is 5.15. The molecule has 1 atom stereocenters. The molecule has 0 N–H and O–H groups in total. The molecule has 0 fully saturated rings. The number of allylic oxidation sites excluding steroid dienone is 2. The third kappa shape index (κ3) is 2.88. The molecule has 112 valence electrons. The van der Waals surface area contributed by atoms with E-state index < -0.39 is 10.9 Å². The lowest BCUT2D eigenvalue weighted by molar-refractivity contribution is 1.46. The molecule has 23 heavy (non-hydrogen) atoms. The Bertz CT molecular complexity index is 846. The average Bonchev–Trinajstić information content (AvgIpc) is 3.09. The van der Waals surface area contributed by atoms with E-state index in [1.165, 1.54) is 26.5 Å². The predicted octanol–water partition coefficient (Wildman–Crippen LogP) is 6.14. The van der Waals surface area contributed by atoms with Crippen LogP contribution in [0.3, 0.4) is 0 Å². The van der Waals surface area contributed by atoms with Crippen molar-refractivity contribution in [2.45, 2.75) is 4.90 Å². The van der Waals surface area contributed by atoms with Crippen LogP contribution in [-0.4, -0.2) is 0 Å². The van der Waals surface area contributed by atoms with E-state index in [1.807, 2.05) is 0 Å². The smallest absolute Gasteiger partial charge is 0.00292 e. The van der Waals surface area contributed by atoms with E-state index in [0.717, 1.165) is 0 Å². The molecule has 0 saturated heterocycles. The first-order valence-corrected chi connectivity index (χ1v) is 9.21. The summed E-state index contributed by atoms with van der Waals surface area (Å²) in [7, 11) is -0.444. The van der Waals surface area contributed by atoms with Crippen molar-refractivity contribution >= 4 is 21.4 Å². The van der Waals surface area contributed by atoms with Crippen molar-refractivity contribution in [2.24, 2.45) is 0 Å². The summed E-state index contributed by atoms with van der Waals surface area (Å²) in [6, 6.07) is 32.2. The molecule has 0 radical (unpaired) electrons. The first-order chi connectivity index (χ1) is 11.4. The maximum atomic E-state index is 2.45. The van der Waals surface area contributed by atoms with Gasteiger partial charge in [0.05, 0.1) is 0 Å². The molecule has 1 heteroatoms. The molecule has 1 unspecified atom stereocenters. The van der Waals surface area contributed by atoms with Gasteiger partial charge in [0.15, 0.2) is 0 Å². The van der Waals surface area contributed by atoms with E-state index in [-0.39, 0.29) is 0 Å². The molecular weight excluding hydrogens is 296 g/mol. The summed E-state index contributed by atoms with van der Waals surface area (Å²) >= 11 is 0. The average molecular weight is 314 g/mol. The minimum atomic E-state index is -0.444. The first kappa shape index (κ1) is 14.1. The van der Waals surface area contributed by atoms with Gasteiger partial charge in [-0.25, -0.2) is 0 Å². The van der Waals surface area contributed by atoms with E-state index in [4.69, 9.17) is 0 Å². The molecule has 0 bridgehead atoms. The van der Waals surface area contributed by atoms with Crippen molar-refractivity contribution in [2.75, 3.05) is 0 Å². The van der Waals surface area contributed by atoms with Gasteiger partial charge in [0.25, 0.3) is 0 Å². The quantitative estimate of drug-likeness (QED) is 0.551. The Labute approximate surface area is 140 Å². The highest BCUT2D eigenvalue weighted by atomic mass is 32.2. The first-order valence-electron chi connectivity index (χ1n) is 7.80. The number of hydrogen-bond acceptors (Lipinski definition) is 0. The van der Waals surface area contributed by atoms with E-state index in [9.17, 15) is 0 Å². The van der Waals surface area contributed by atoms with Crippen molar-refractivity contribution in [1.29, 1.82) is 0 Å². The van der Waals surface area contributed by atoms with Gasteiger partial charge < -0.3 is 0 Å². The van der Waals surface area contributed by atoms with Gasteiger partial charge in [-0.15, -0.1) is 0 Å². The second-order valence-electron chi connectivity index (χ2n) is 5.55. The summed E-state index contributed by atoms with van der Waals surface area (Å²) in [6.45, 7) is 0. The monoisotopic (exact) mass is 314 g/mol. The van der Waals surface area contributed by atoms with Crippen LogP contribution in [0.2, 0.25) is 0 Å². The molecule has 0 amide bonds. The number of thiol groups is 1. The molecule has 1 aliphatic rings. The van der Waals surface area contributed by atoms with Crippen LogP contribution >= 0.6 is 10.9 Å². The van der Waals surface area contributed by atoms with Gasteiger partial charge in [0.1, 0.15) is 0 Å². The Morgan fingerprint density at radius 1 is 0.522 bits per heavy atom. The molecule has 0 nitrogen and oxygen atoms in total. The van der Waals surface area contributed by atoms with Crippen LogP contribution in [0.25, 0.3) is 10.5 Å². The number of benzene rings is 3. The van der Waals surface area contributed by atoms with E-state index >= 15 is 0 Å². The fraction of sp³-hybridized carbons (Fsp3) is 0. The molecule has 1 heterocycles. The van der Waals surface area contributed by atoms with Crippen molar-refractivity contribution < 1.29 is 0 Å². The Hall–Kier alpha value is -2.51. The lowest BCUT2D eigenvalue weighted by Gasteiger charge is -2.18. The van der Waals surface area contributed by atoms with Gasteiger partial charge in [-0.05, 0) is 45.2 Å². The molecular formula is C22H18S. The normalized spacial score (nSPS) is 18.3. The van der Waals surface area contributed by atoms with Gasteiger partial charge >= 0.3 is 0 Å². The lowest BCUT2D eigenvalue weighted by Crippen LogP contribution is -1.83. The zero-order chi connectivity index (χ0) is 15.5. The Balaban J connectivity index is 1.82. The predicted molar refractivity (Wildman–Crippen MR) is 103 cm³/mol. The topological polar surface area (TPSA) is 0 Å². The zero-order valence-electron chi connectivity index (χ0n) is 12.8. The maximum Gasteiger partial charge on any atom is 0.00292 e. The molecule has 0 aromatic heterocycles. The lowest BCUT2D eigenvalue weighted by atomic mass is 10.1. The summed E-state index contributed by atoms with van der Waals surface area (Å²) in [5, 5.41) is 2.45. The van der Waals surface area contributed by atoms with Crippen molar-refractivity contribution in [3.05, 3.63) is 114 Å². The van der Waals surface area contributed by atoms with Gasteiger partial charge in [0.2, 0.25) is 0 Å². The maximum absolute atomic E-state index is 2.45. The number of hydrogen-bond donors (Lipinski definition) is 1. The molecule has 4 rings (SSSR count). The van der Waals surface area contributed by atoms with Crippen molar-refractivity contribution in [1.82, 2.24) is 0 Å². The van der Waals surface area contributed by atoms with E-state index in [1.54, 1.807) is 0 Å². The highest BCUT2D eigenvalue weighted by Crippen LogP contribution is 2.56. The molecule has 3 aromatic carbocycles. The van der Waals surface area contributed by atoms with Crippen molar-refractivity contribution in [3.8, 4) is 0 Å². The van der Waals surface area contributed by atoms with Crippen LogP contribution < -0.4 is 0 Å². The van der Waals surface area contributed by atoms with Crippen LogP contribution in [0.5, 0.6) is 0 Å². The highest BCUT2D eigenvalue weighted by Gasteiger charge is 2.19. The molecule has 1 aliphatic heterocycles. The summed E-state index contributed by atoms with van der Waals surface area (Å²) in [5.74, 6) is 0. The van der Waals surface area contributed by atoms with Crippen LogP contribution in [0.4, 0.5) is 0 Å². The van der Waals surface area contributed by atoms with Crippen LogP contribution in [0.15, 0.2) is 107 Å². The van der Waals surface area contributed by atoms with Crippen LogP contribution in [-0.2, 0) is 0 Å². The second-order valence-corrected chi connectivity index (χ2v) is 7.55. The molecule has 0 aliphatic carbocycles. The van der Waals surface area contributed by atoms with Gasteiger partial charge in [-0.3, -0.25) is 0 Å². The summed E-state index contributed by atoms with van der Waals surface area (Å²) in [6.07, 6.45) is 2.36. The second kappa shape index (κ2) is 6.31. The third-order valence-corrected chi connectivity index (χ3v) is 6.33. The summed E-state index contributed by atoms with van der Waals surface area (Å²) in [5.41, 5.74) is 3.95. The third-order valence-electron chi connectivity index (χ3n) is 4.03. The number of rotatable bonds is 3. The fourth-order valence-electron chi connectivity index (χ4n) is 2.88. The van der Waals surface area contributed by atoms with Crippen molar-refractivity contribution in [3.63, 3.8) is 0 Å². The van der Waals surface area contributed by atoms with Crippen LogP contribution in [0, 0.1) is 0 Å². The molecule has 3 aromatic rings. The molecule has 0 saturated carbocycles. The Kier molecular flexibility index (Phi) is 3.87. The minimum Gasteiger partial charge on any atom is -0.178 e. The SMILES string of the molecule is C1=C(c2ccccc2)C=C(c2ccccc2)[SH]1c1ccccc1. The summed E-state index contributed by atoms with van der Waals surface area (Å²) in [4.78, 5) is 2.84. The van der Waals surface area contributed by atoms with Gasteiger partial charge in [0, 0.05) is 4.91 Å². The van der Waals surface area contributed by atoms with Gasteiger partial charge in [-0.2, -0.15) is 10.9 Å². The van der Waals surface area contributed by atoms with Crippen LogP contribution in [0.1, 0.15) is 11.1 Å². The van der Waals surface area contributed by atoms with E-state index in [0.29, 0.717) is 0 Å². The Morgan fingerprint density at radius 3 is 1.65 bits per heavy atom. The summed E-state index contributed by atoms with van der Waals surface area (Å²) < 4.78 is 0. The molecule has 0 spiro atoms. The minimum absolute atomic E-state index is 0.444. The zero-order valence-corrected chi connectivity index (χ0v) is 13.7. The Morgan fingerprint density at radius 2 is 1.04 bits per heavy atom. The van der Waals surface area contributed by atoms with Gasteiger partial charge in [-0.1, -0.05) is 78.9 Å². The highest BCUT2D eigenvalue weighted by molar-refractivity contribution is 8.28. The standard InChI is InChI=1S/C22H18S/c1-4-10-18(11-5-1)20-16-22(19-12-6-2-7-13-19)23(17-20)21-14-8-3-9-15-21/h1-17,23H. The largest absolute Gasteiger partial charge is 0.178 e.